The third-order valence-corrected chi connectivity index (χ3v) is 3.95. The fraction of sp³-hybridized carbons (Fsp3) is 0.231. The second-order valence-electron chi connectivity index (χ2n) is 4.11. The molecule has 0 bridgehead atoms. The summed E-state index contributed by atoms with van der Waals surface area (Å²) in [6, 6.07) is 11.1. The van der Waals surface area contributed by atoms with E-state index in [4.69, 9.17) is 0 Å². The van der Waals surface area contributed by atoms with E-state index in [9.17, 15) is 8.42 Å². The number of aromatic nitrogens is 1. The molecule has 0 fully saturated rings. The number of rotatable bonds is 6. The van der Waals surface area contributed by atoms with Crippen molar-refractivity contribution in [1.29, 1.82) is 0 Å². The van der Waals surface area contributed by atoms with Crippen LogP contribution in [0.5, 0.6) is 0 Å². The maximum Gasteiger partial charge on any atom is 0.215 e. The Morgan fingerprint density at radius 2 is 1.83 bits per heavy atom. The molecular weight excluding hydrogens is 248 g/mol. The number of nitrogens with one attached hydrogen (secondary N) is 2. The largest absolute Gasteiger partial charge is 0.367 e. The van der Waals surface area contributed by atoms with Crippen LogP contribution in [-0.4, -0.2) is 19.9 Å². The number of benzene rings is 1. The molecule has 1 aromatic carbocycles. The highest BCUT2D eigenvalue weighted by atomic mass is 32.2. The van der Waals surface area contributed by atoms with E-state index in [1.54, 1.807) is 0 Å². The van der Waals surface area contributed by atoms with Gasteiger partial charge in [0, 0.05) is 18.9 Å². The molecule has 0 saturated carbocycles. The maximum atomic E-state index is 11.8. The van der Waals surface area contributed by atoms with Crippen molar-refractivity contribution in [3.05, 3.63) is 59.9 Å². The van der Waals surface area contributed by atoms with Crippen molar-refractivity contribution < 1.29 is 8.42 Å². The first-order valence-corrected chi connectivity index (χ1v) is 7.44. The molecule has 0 aliphatic carbocycles. The van der Waals surface area contributed by atoms with E-state index in [1.165, 1.54) is 0 Å². The molecular formula is C13H16N2O2S. The molecule has 1 heterocycles. The summed E-state index contributed by atoms with van der Waals surface area (Å²) in [5.74, 6) is 0.0287. The Morgan fingerprint density at radius 3 is 2.50 bits per heavy atom. The Balaban J connectivity index is 1.84. The van der Waals surface area contributed by atoms with Crippen molar-refractivity contribution in [2.75, 3.05) is 6.54 Å². The highest BCUT2D eigenvalue weighted by Gasteiger charge is 2.10. The maximum absolute atomic E-state index is 11.8. The summed E-state index contributed by atoms with van der Waals surface area (Å²) in [5.41, 5.74) is 1.89. The van der Waals surface area contributed by atoms with Gasteiger partial charge in [-0.3, -0.25) is 0 Å². The second-order valence-corrected chi connectivity index (χ2v) is 5.92. The predicted octanol–water partition coefficient (Wildman–Crippen LogP) is 1.68. The molecule has 0 aliphatic rings. The van der Waals surface area contributed by atoms with Gasteiger partial charge in [-0.2, -0.15) is 0 Å². The zero-order valence-corrected chi connectivity index (χ0v) is 10.8. The molecule has 2 N–H and O–H groups in total. The molecule has 4 nitrogen and oxygen atoms in total. The molecule has 1 aromatic heterocycles. The number of aromatic amines is 1. The van der Waals surface area contributed by atoms with Gasteiger partial charge in [0.1, 0.15) is 0 Å². The highest BCUT2D eigenvalue weighted by Crippen LogP contribution is 2.04. The van der Waals surface area contributed by atoms with Gasteiger partial charge in [0.2, 0.25) is 10.0 Å². The Bertz CT molecular complexity index is 562. The van der Waals surface area contributed by atoms with E-state index in [1.807, 2.05) is 48.8 Å². The first-order valence-electron chi connectivity index (χ1n) is 5.79. The van der Waals surface area contributed by atoms with E-state index in [0.29, 0.717) is 13.0 Å². The Labute approximate surface area is 107 Å². The van der Waals surface area contributed by atoms with E-state index < -0.39 is 10.0 Å². The minimum atomic E-state index is -3.25. The van der Waals surface area contributed by atoms with Gasteiger partial charge >= 0.3 is 0 Å². The van der Waals surface area contributed by atoms with Crippen LogP contribution in [0.2, 0.25) is 0 Å². The highest BCUT2D eigenvalue weighted by molar-refractivity contribution is 7.88. The minimum absolute atomic E-state index is 0.0287. The molecule has 5 heteroatoms. The molecule has 0 radical (unpaired) electrons. The van der Waals surface area contributed by atoms with Crippen LogP contribution in [-0.2, 0) is 22.2 Å². The second kappa shape index (κ2) is 5.84. The average molecular weight is 264 g/mol. The summed E-state index contributed by atoms with van der Waals surface area (Å²) in [6.07, 6.45) is 4.39. The van der Waals surface area contributed by atoms with Gasteiger partial charge in [0.15, 0.2) is 0 Å². The summed E-state index contributed by atoms with van der Waals surface area (Å²) in [5, 5.41) is 0. The Hall–Kier alpha value is -1.59. The predicted molar refractivity (Wildman–Crippen MR) is 71.6 cm³/mol. The van der Waals surface area contributed by atoms with Crippen molar-refractivity contribution in [1.82, 2.24) is 9.71 Å². The van der Waals surface area contributed by atoms with Crippen molar-refractivity contribution in [3.63, 3.8) is 0 Å². The lowest BCUT2D eigenvalue weighted by molar-refractivity contribution is 0.581. The molecule has 2 rings (SSSR count). The van der Waals surface area contributed by atoms with Crippen molar-refractivity contribution in [2.45, 2.75) is 12.2 Å². The van der Waals surface area contributed by atoms with Gasteiger partial charge in [-0.1, -0.05) is 30.3 Å². The first kappa shape index (κ1) is 12.9. The van der Waals surface area contributed by atoms with Crippen LogP contribution in [0.25, 0.3) is 0 Å². The molecule has 0 aliphatic heterocycles. The molecule has 0 saturated heterocycles. The standard InChI is InChI=1S/C13H16N2O2S/c16-18(17,11-13-4-2-1-3-5-13)15-9-7-12-6-8-14-10-12/h1-6,8,10,14-15H,7,9,11H2. The lowest BCUT2D eigenvalue weighted by Gasteiger charge is -2.06. The fourth-order valence-corrected chi connectivity index (χ4v) is 2.86. The number of hydrogen-bond donors (Lipinski definition) is 2. The van der Waals surface area contributed by atoms with E-state index in [2.05, 4.69) is 9.71 Å². The lowest BCUT2D eigenvalue weighted by Crippen LogP contribution is -2.27. The van der Waals surface area contributed by atoms with Crippen molar-refractivity contribution in [2.24, 2.45) is 0 Å². The zero-order chi connectivity index (χ0) is 12.8. The minimum Gasteiger partial charge on any atom is -0.367 e. The molecule has 0 unspecified atom stereocenters. The lowest BCUT2D eigenvalue weighted by atomic mass is 10.2. The van der Waals surface area contributed by atoms with Crippen molar-refractivity contribution in [3.8, 4) is 0 Å². The number of sulfonamides is 1. The summed E-state index contributed by atoms with van der Waals surface area (Å²) in [4.78, 5) is 2.94. The van der Waals surface area contributed by atoms with Gasteiger partial charge in [0.05, 0.1) is 5.75 Å². The van der Waals surface area contributed by atoms with Gasteiger partial charge < -0.3 is 4.98 Å². The van der Waals surface area contributed by atoms with Gasteiger partial charge in [0.25, 0.3) is 0 Å². The van der Waals surface area contributed by atoms with Gasteiger partial charge in [-0.05, 0) is 23.6 Å². The fourth-order valence-electron chi connectivity index (χ4n) is 1.71. The topological polar surface area (TPSA) is 62.0 Å². The van der Waals surface area contributed by atoms with Crippen LogP contribution in [0, 0.1) is 0 Å². The Kier molecular flexibility index (Phi) is 4.17. The summed E-state index contributed by atoms with van der Waals surface area (Å²) >= 11 is 0. The molecule has 0 amide bonds. The van der Waals surface area contributed by atoms with Crippen LogP contribution in [0.3, 0.4) is 0 Å². The molecule has 0 atom stereocenters. The van der Waals surface area contributed by atoms with Crippen LogP contribution in [0.15, 0.2) is 48.8 Å². The molecule has 96 valence electrons. The van der Waals surface area contributed by atoms with Crippen LogP contribution >= 0.6 is 0 Å². The first-order chi connectivity index (χ1) is 8.66. The van der Waals surface area contributed by atoms with E-state index in [-0.39, 0.29) is 5.75 Å². The Morgan fingerprint density at radius 1 is 1.06 bits per heavy atom. The quantitative estimate of drug-likeness (QED) is 0.834. The van der Waals surface area contributed by atoms with Crippen LogP contribution < -0.4 is 4.72 Å². The molecule has 2 aromatic rings. The van der Waals surface area contributed by atoms with Crippen molar-refractivity contribution >= 4 is 10.0 Å². The summed E-state index contributed by atoms with van der Waals surface area (Å²) < 4.78 is 26.2. The molecule has 0 spiro atoms. The van der Waals surface area contributed by atoms with Gasteiger partial charge in [-0.15, -0.1) is 0 Å². The van der Waals surface area contributed by atoms with Gasteiger partial charge in [-0.25, -0.2) is 13.1 Å². The number of hydrogen-bond acceptors (Lipinski definition) is 2. The van der Waals surface area contributed by atoms with E-state index >= 15 is 0 Å². The normalized spacial score (nSPS) is 11.6. The third kappa shape index (κ3) is 4.01. The average Bonchev–Trinajstić information content (AvgIpc) is 2.82. The monoisotopic (exact) mass is 264 g/mol. The SMILES string of the molecule is O=S(=O)(Cc1ccccc1)NCCc1cc[nH]c1. The van der Waals surface area contributed by atoms with Crippen LogP contribution in [0.1, 0.15) is 11.1 Å². The van der Waals surface area contributed by atoms with E-state index in [0.717, 1.165) is 11.1 Å². The smallest absolute Gasteiger partial charge is 0.215 e. The number of H-pyrrole nitrogens is 1. The zero-order valence-electron chi connectivity index (χ0n) is 9.96. The molecule has 18 heavy (non-hydrogen) atoms. The summed E-state index contributed by atoms with van der Waals surface area (Å²) in [7, 11) is -3.25. The summed E-state index contributed by atoms with van der Waals surface area (Å²) in [6.45, 7) is 0.424. The van der Waals surface area contributed by atoms with Crippen LogP contribution in [0.4, 0.5) is 0 Å². The third-order valence-electron chi connectivity index (χ3n) is 2.60.